The Kier molecular flexibility index (Phi) is 4.33. The van der Waals surface area contributed by atoms with Crippen LogP contribution in [-0.4, -0.2) is 11.5 Å². The number of benzene rings is 1. The monoisotopic (exact) mass is 251 g/mol. The maximum Gasteiger partial charge on any atom is 0.311 e. The molecule has 1 atom stereocenters. The van der Waals surface area contributed by atoms with Crippen LogP contribution in [-0.2, 0) is 0 Å². The standard InChI is InChI=1S/C14H21NO3/c1-6-18-13-8-7-11(9-12(13)15(16)17)10(2)14(3,4)5/h7-10H,6H2,1-5H3. The van der Waals surface area contributed by atoms with Crippen molar-refractivity contribution in [3.63, 3.8) is 0 Å². The highest BCUT2D eigenvalue weighted by Gasteiger charge is 2.25. The van der Waals surface area contributed by atoms with Gasteiger partial charge in [0.1, 0.15) is 0 Å². The Morgan fingerprint density at radius 2 is 2.00 bits per heavy atom. The normalized spacial score (nSPS) is 13.2. The molecule has 100 valence electrons. The fourth-order valence-corrected chi connectivity index (χ4v) is 1.72. The number of nitrogens with zero attached hydrogens (tertiary/aromatic N) is 1. The van der Waals surface area contributed by atoms with Crippen molar-refractivity contribution in [1.29, 1.82) is 0 Å². The molecule has 0 saturated carbocycles. The molecule has 18 heavy (non-hydrogen) atoms. The van der Waals surface area contributed by atoms with Gasteiger partial charge in [-0.1, -0.05) is 33.8 Å². The first-order valence-corrected chi connectivity index (χ1v) is 6.18. The largest absolute Gasteiger partial charge is 0.487 e. The van der Waals surface area contributed by atoms with Gasteiger partial charge in [-0.2, -0.15) is 0 Å². The van der Waals surface area contributed by atoms with E-state index in [1.807, 2.05) is 13.0 Å². The van der Waals surface area contributed by atoms with E-state index >= 15 is 0 Å². The summed E-state index contributed by atoms with van der Waals surface area (Å²) in [5.74, 6) is 0.583. The van der Waals surface area contributed by atoms with Gasteiger partial charge >= 0.3 is 5.69 Å². The Morgan fingerprint density at radius 3 is 2.44 bits per heavy atom. The highest BCUT2D eigenvalue weighted by molar-refractivity contribution is 5.49. The number of hydrogen-bond acceptors (Lipinski definition) is 3. The van der Waals surface area contributed by atoms with Gasteiger partial charge in [0.25, 0.3) is 0 Å². The Bertz CT molecular complexity index is 435. The third kappa shape index (κ3) is 3.22. The van der Waals surface area contributed by atoms with Crippen molar-refractivity contribution in [3.05, 3.63) is 33.9 Å². The summed E-state index contributed by atoms with van der Waals surface area (Å²) in [5, 5.41) is 11.0. The van der Waals surface area contributed by atoms with Crippen LogP contribution in [0.15, 0.2) is 18.2 Å². The van der Waals surface area contributed by atoms with Crippen molar-refractivity contribution in [2.45, 2.75) is 40.5 Å². The summed E-state index contributed by atoms with van der Waals surface area (Å²) >= 11 is 0. The molecule has 4 nitrogen and oxygen atoms in total. The van der Waals surface area contributed by atoms with E-state index in [-0.39, 0.29) is 21.9 Å². The molecule has 0 aromatic heterocycles. The Labute approximate surface area is 108 Å². The first-order valence-electron chi connectivity index (χ1n) is 6.18. The van der Waals surface area contributed by atoms with Crippen molar-refractivity contribution in [2.24, 2.45) is 5.41 Å². The molecule has 0 aliphatic carbocycles. The van der Waals surface area contributed by atoms with Crippen LogP contribution < -0.4 is 4.74 Å². The first-order chi connectivity index (χ1) is 8.27. The molecule has 0 aliphatic rings. The maximum atomic E-state index is 11.0. The van der Waals surface area contributed by atoms with E-state index in [0.29, 0.717) is 12.4 Å². The minimum Gasteiger partial charge on any atom is -0.487 e. The molecular formula is C14H21NO3. The molecule has 1 rings (SSSR count). The molecule has 0 bridgehead atoms. The van der Waals surface area contributed by atoms with Gasteiger partial charge in [-0.3, -0.25) is 10.1 Å². The zero-order valence-corrected chi connectivity index (χ0v) is 11.7. The SMILES string of the molecule is CCOc1ccc(C(C)C(C)(C)C)cc1[N+](=O)[O-]. The predicted octanol–water partition coefficient (Wildman–Crippen LogP) is 4.14. The molecule has 4 heteroatoms. The lowest BCUT2D eigenvalue weighted by Crippen LogP contribution is -2.15. The van der Waals surface area contributed by atoms with Crippen molar-refractivity contribution in [3.8, 4) is 5.75 Å². The Hall–Kier alpha value is -1.58. The van der Waals surface area contributed by atoms with E-state index < -0.39 is 0 Å². The average Bonchev–Trinajstić information content (AvgIpc) is 2.27. The number of rotatable bonds is 4. The highest BCUT2D eigenvalue weighted by atomic mass is 16.6. The zero-order chi connectivity index (χ0) is 13.9. The maximum absolute atomic E-state index is 11.0. The van der Waals surface area contributed by atoms with Crippen LogP contribution in [0.25, 0.3) is 0 Å². The van der Waals surface area contributed by atoms with E-state index in [0.717, 1.165) is 5.56 Å². The number of ether oxygens (including phenoxy) is 1. The van der Waals surface area contributed by atoms with Crippen molar-refractivity contribution in [2.75, 3.05) is 6.61 Å². The van der Waals surface area contributed by atoms with E-state index in [2.05, 4.69) is 27.7 Å². The molecule has 0 heterocycles. The second kappa shape index (κ2) is 5.38. The summed E-state index contributed by atoms with van der Waals surface area (Å²) < 4.78 is 5.28. The van der Waals surface area contributed by atoms with Gasteiger partial charge in [-0.25, -0.2) is 0 Å². The van der Waals surface area contributed by atoms with Crippen molar-refractivity contribution in [1.82, 2.24) is 0 Å². The molecule has 1 unspecified atom stereocenters. The minimum absolute atomic E-state index is 0.0467. The van der Waals surface area contributed by atoms with Gasteiger partial charge in [-0.05, 0) is 29.9 Å². The van der Waals surface area contributed by atoms with Gasteiger partial charge in [0.05, 0.1) is 11.5 Å². The van der Waals surface area contributed by atoms with Crippen LogP contribution >= 0.6 is 0 Å². The summed E-state index contributed by atoms with van der Waals surface area (Å²) in [6, 6.07) is 5.23. The van der Waals surface area contributed by atoms with E-state index in [1.54, 1.807) is 12.1 Å². The van der Waals surface area contributed by atoms with Gasteiger partial charge in [0, 0.05) is 6.07 Å². The number of nitro groups is 1. The molecular weight excluding hydrogens is 230 g/mol. The summed E-state index contributed by atoms with van der Waals surface area (Å²) in [5.41, 5.74) is 1.09. The second-order valence-corrected chi connectivity index (χ2v) is 5.50. The molecule has 0 saturated heterocycles. The third-order valence-electron chi connectivity index (χ3n) is 3.28. The summed E-state index contributed by atoms with van der Waals surface area (Å²) in [4.78, 5) is 10.7. The molecule has 0 radical (unpaired) electrons. The van der Waals surface area contributed by atoms with Crippen LogP contribution in [0.5, 0.6) is 5.75 Å². The molecule has 0 spiro atoms. The van der Waals surface area contributed by atoms with Crippen LogP contribution in [0.2, 0.25) is 0 Å². The zero-order valence-electron chi connectivity index (χ0n) is 11.7. The fourth-order valence-electron chi connectivity index (χ4n) is 1.72. The lowest BCUT2D eigenvalue weighted by molar-refractivity contribution is -0.385. The fraction of sp³-hybridized carbons (Fsp3) is 0.571. The Balaban J connectivity index is 3.19. The third-order valence-corrected chi connectivity index (χ3v) is 3.28. The molecule has 0 amide bonds. The summed E-state index contributed by atoms with van der Waals surface area (Å²) in [6.07, 6.45) is 0. The average molecular weight is 251 g/mol. The van der Waals surface area contributed by atoms with Gasteiger partial charge < -0.3 is 4.74 Å². The van der Waals surface area contributed by atoms with Gasteiger partial charge in [0.2, 0.25) is 0 Å². The Morgan fingerprint density at radius 1 is 1.39 bits per heavy atom. The smallest absolute Gasteiger partial charge is 0.311 e. The van der Waals surface area contributed by atoms with Crippen LogP contribution in [0.1, 0.15) is 46.1 Å². The van der Waals surface area contributed by atoms with Gasteiger partial charge in [0.15, 0.2) is 5.75 Å². The van der Waals surface area contributed by atoms with E-state index in [9.17, 15) is 10.1 Å². The van der Waals surface area contributed by atoms with Crippen molar-refractivity contribution >= 4 is 5.69 Å². The van der Waals surface area contributed by atoms with Crippen LogP contribution in [0.3, 0.4) is 0 Å². The van der Waals surface area contributed by atoms with Crippen molar-refractivity contribution < 1.29 is 9.66 Å². The van der Waals surface area contributed by atoms with Gasteiger partial charge in [-0.15, -0.1) is 0 Å². The molecule has 0 aliphatic heterocycles. The van der Waals surface area contributed by atoms with Crippen LogP contribution in [0.4, 0.5) is 5.69 Å². The molecule has 0 fully saturated rings. The molecule has 1 aromatic rings. The minimum atomic E-state index is -0.385. The van der Waals surface area contributed by atoms with Crippen LogP contribution in [0, 0.1) is 15.5 Å². The predicted molar refractivity (Wildman–Crippen MR) is 72.1 cm³/mol. The second-order valence-electron chi connectivity index (χ2n) is 5.50. The number of hydrogen-bond donors (Lipinski definition) is 0. The summed E-state index contributed by atoms with van der Waals surface area (Å²) in [7, 11) is 0. The molecule has 0 N–H and O–H groups in total. The number of nitro benzene ring substituents is 1. The topological polar surface area (TPSA) is 52.4 Å². The van der Waals surface area contributed by atoms with E-state index in [4.69, 9.17) is 4.74 Å². The lowest BCUT2D eigenvalue weighted by Gasteiger charge is -2.27. The first kappa shape index (κ1) is 14.5. The molecule has 1 aromatic carbocycles. The highest BCUT2D eigenvalue weighted by Crippen LogP contribution is 2.38. The summed E-state index contributed by atoms with van der Waals surface area (Å²) in [6.45, 7) is 10.7. The van der Waals surface area contributed by atoms with E-state index in [1.165, 1.54) is 0 Å². The lowest BCUT2D eigenvalue weighted by atomic mass is 9.78. The quantitative estimate of drug-likeness (QED) is 0.596.